The van der Waals surface area contributed by atoms with Gasteiger partial charge in [-0.25, -0.2) is 0 Å². The van der Waals surface area contributed by atoms with Crippen LogP contribution < -0.4 is 16.4 Å². The van der Waals surface area contributed by atoms with E-state index in [0.29, 0.717) is 19.5 Å². The second kappa shape index (κ2) is 5.50. The summed E-state index contributed by atoms with van der Waals surface area (Å²) >= 11 is 0. The molecule has 1 aliphatic rings. The van der Waals surface area contributed by atoms with Crippen molar-refractivity contribution in [3.05, 3.63) is 29.3 Å². The molecule has 0 radical (unpaired) electrons. The van der Waals surface area contributed by atoms with E-state index in [0.717, 1.165) is 24.1 Å². The van der Waals surface area contributed by atoms with Crippen molar-refractivity contribution in [2.24, 2.45) is 11.5 Å². The molecule has 4 heteroatoms. The summed E-state index contributed by atoms with van der Waals surface area (Å²) in [4.78, 5) is 14.0. The molecule has 0 aliphatic carbocycles. The summed E-state index contributed by atoms with van der Waals surface area (Å²) in [5.74, 6) is 0.198. The Kier molecular flexibility index (Phi) is 3.99. The average molecular weight is 247 g/mol. The summed E-state index contributed by atoms with van der Waals surface area (Å²) in [5.41, 5.74) is 14.6. The molecule has 0 fully saturated rings. The highest BCUT2D eigenvalue weighted by Crippen LogP contribution is 2.30. The first-order valence-electron chi connectivity index (χ1n) is 6.51. The number of aryl methyl sites for hydroxylation is 1. The third kappa shape index (κ3) is 2.40. The van der Waals surface area contributed by atoms with Gasteiger partial charge in [0.05, 0.1) is 0 Å². The largest absolute Gasteiger partial charge is 0.330 e. The molecule has 1 heterocycles. The molecule has 2 rings (SSSR count). The van der Waals surface area contributed by atoms with Gasteiger partial charge in [-0.05, 0) is 43.5 Å². The van der Waals surface area contributed by atoms with Crippen molar-refractivity contribution in [3.63, 3.8) is 0 Å². The minimum Gasteiger partial charge on any atom is -0.330 e. The van der Waals surface area contributed by atoms with Crippen molar-refractivity contribution in [1.82, 2.24) is 0 Å². The van der Waals surface area contributed by atoms with Crippen LogP contribution in [0.5, 0.6) is 0 Å². The number of hydrogen-bond acceptors (Lipinski definition) is 3. The van der Waals surface area contributed by atoms with Crippen LogP contribution in [-0.2, 0) is 17.8 Å². The zero-order valence-corrected chi connectivity index (χ0v) is 10.9. The predicted octanol–water partition coefficient (Wildman–Crippen LogP) is 1.16. The van der Waals surface area contributed by atoms with Crippen molar-refractivity contribution >= 4 is 11.6 Å². The molecule has 1 unspecified atom stereocenters. The van der Waals surface area contributed by atoms with Crippen molar-refractivity contribution in [1.29, 1.82) is 0 Å². The first kappa shape index (κ1) is 13.1. The van der Waals surface area contributed by atoms with Crippen molar-refractivity contribution in [2.45, 2.75) is 38.8 Å². The molecule has 1 atom stereocenters. The SMILES string of the molecule is CC(CCN)N1C(=O)CCc2cc(CN)ccc21. The van der Waals surface area contributed by atoms with Gasteiger partial charge >= 0.3 is 0 Å². The van der Waals surface area contributed by atoms with Gasteiger partial charge in [0.25, 0.3) is 0 Å². The van der Waals surface area contributed by atoms with Gasteiger partial charge in [0.2, 0.25) is 5.91 Å². The van der Waals surface area contributed by atoms with Crippen LogP contribution in [0.3, 0.4) is 0 Å². The summed E-state index contributed by atoms with van der Waals surface area (Å²) in [6.45, 7) is 3.19. The summed E-state index contributed by atoms with van der Waals surface area (Å²) in [6, 6.07) is 6.29. The normalized spacial score (nSPS) is 16.6. The monoisotopic (exact) mass is 247 g/mol. The summed E-state index contributed by atoms with van der Waals surface area (Å²) in [7, 11) is 0. The van der Waals surface area contributed by atoms with Crippen LogP contribution in [0.4, 0.5) is 5.69 Å². The van der Waals surface area contributed by atoms with Crippen molar-refractivity contribution in [3.8, 4) is 0 Å². The first-order chi connectivity index (χ1) is 8.67. The van der Waals surface area contributed by atoms with E-state index >= 15 is 0 Å². The lowest BCUT2D eigenvalue weighted by molar-refractivity contribution is -0.119. The second-order valence-electron chi connectivity index (χ2n) is 4.86. The van der Waals surface area contributed by atoms with E-state index in [4.69, 9.17) is 11.5 Å². The highest BCUT2D eigenvalue weighted by molar-refractivity contribution is 5.97. The molecule has 1 aliphatic heterocycles. The number of anilines is 1. The van der Waals surface area contributed by atoms with Crippen LogP contribution in [0.15, 0.2) is 18.2 Å². The van der Waals surface area contributed by atoms with Gasteiger partial charge in [-0.3, -0.25) is 4.79 Å². The van der Waals surface area contributed by atoms with E-state index in [9.17, 15) is 4.79 Å². The lowest BCUT2D eigenvalue weighted by Gasteiger charge is -2.34. The Bertz CT molecular complexity index is 445. The van der Waals surface area contributed by atoms with E-state index in [2.05, 4.69) is 13.0 Å². The average Bonchev–Trinajstić information content (AvgIpc) is 2.38. The van der Waals surface area contributed by atoms with E-state index in [1.165, 1.54) is 5.56 Å². The van der Waals surface area contributed by atoms with Gasteiger partial charge in [-0.15, -0.1) is 0 Å². The van der Waals surface area contributed by atoms with Gasteiger partial charge in [-0.1, -0.05) is 12.1 Å². The number of nitrogens with zero attached hydrogens (tertiary/aromatic N) is 1. The Labute approximate surface area is 108 Å². The Hall–Kier alpha value is -1.39. The zero-order valence-electron chi connectivity index (χ0n) is 10.9. The number of hydrogen-bond donors (Lipinski definition) is 2. The quantitative estimate of drug-likeness (QED) is 0.838. The maximum Gasteiger partial charge on any atom is 0.227 e. The van der Waals surface area contributed by atoms with Crippen molar-refractivity contribution < 1.29 is 4.79 Å². The maximum absolute atomic E-state index is 12.1. The number of fused-ring (bicyclic) bond motifs is 1. The van der Waals surface area contributed by atoms with Crippen LogP contribution in [0.25, 0.3) is 0 Å². The van der Waals surface area contributed by atoms with E-state index in [1.54, 1.807) is 0 Å². The fourth-order valence-electron chi connectivity index (χ4n) is 2.55. The first-order valence-corrected chi connectivity index (χ1v) is 6.51. The molecule has 18 heavy (non-hydrogen) atoms. The van der Waals surface area contributed by atoms with Crippen LogP contribution in [0.2, 0.25) is 0 Å². The van der Waals surface area contributed by atoms with Gasteiger partial charge in [0.1, 0.15) is 0 Å². The Morgan fingerprint density at radius 2 is 2.11 bits per heavy atom. The molecule has 0 bridgehead atoms. The topological polar surface area (TPSA) is 72.3 Å². The Morgan fingerprint density at radius 3 is 2.78 bits per heavy atom. The number of amides is 1. The number of benzene rings is 1. The number of nitrogens with two attached hydrogens (primary N) is 2. The molecule has 1 amide bonds. The highest BCUT2D eigenvalue weighted by Gasteiger charge is 2.27. The standard InChI is InChI=1S/C14H21N3O/c1-10(6-7-15)17-13-4-2-11(9-16)8-12(13)3-5-14(17)18/h2,4,8,10H,3,5-7,9,15-16H2,1H3. The fourth-order valence-corrected chi connectivity index (χ4v) is 2.55. The highest BCUT2D eigenvalue weighted by atomic mass is 16.2. The Morgan fingerprint density at radius 1 is 1.33 bits per heavy atom. The number of carbonyl (C=O) groups is 1. The number of carbonyl (C=O) groups excluding carboxylic acids is 1. The molecule has 4 nitrogen and oxygen atoms in total. The van der Waals surface area contributed by atoms with Gasteiger partial charge in [-0.2, -0.15) is 0 Å². The third-order valence-corrected chi connectivity index (χ3v) is 3.54. The summed E-state index contributed by atoms with van der Waals surface area (Å²) in [6.07, 6.45) is 2.22. The lowest BCUT2D eigenvalue weighted by atomic mass is 9.97. The molecule has 0 aromatic heterocycles. The molecule has 1 aromatic carbocycles. The molecule has 0 saturated heterocycles. The van der Waals surface area contributed by atoms with E-state index < -0.39 is 0 Å². The fraction of sp³-hybridized carbons (Fsp3) is 0.500. The molecular formula is C14H21N3O. The van der Waals surface area contributed by atoms with Crippen molar-refractivity contribution in [2.75, 3.05) is 11.4 Å². The molecule has 0 saturated carbocycles. The van der Waals surface area contributed by atoms with E-state index in [-0.39, 0.29) is 11.9 Å². The molecule has 0 spiro atoms. The lowest BCUT2D eigenvalue weighted by Crippen LogP contribution is -2.42. The molecule has 4 N–H and O–H groups in total. The van der Waals surface area contributed by atoms with E-state index in [1.807, 2.05) is 17.0 Å². The Balaban J connectivity index is 2.35. The van der Waals surface area contributed by atoms with Gasteiger partial charge in [0, 0.05) is 24.7 Å². The number of rotatable bonds is 4. The third-order valence-electron chi connectivity index (χ3n) is 3.54. The molecule has 98 valence electrons. The van der Waals surface area contributed by atoms with Gasteiger partial charge < -0.3 is 16.4 Å². The van der Waals surface area contributed by atoms with Gasteiger partial charge in [0.15, 0.2) is 0 Å². The summed E-state index contributed by atoms with van der Waals surface area (Å²) < 4.78 is 0. The molecule has 1 aromatic rings. The van der Waals surface area contributed by atoms with Crippen LogP contribution >= 0.6 is 0 Å². The van der Waals surface area contributed by atoms with Crippen LogP contribution in [0, 0.1) is 0 Å². The molecular weight excluding hydrogens is 226 g/mol. The predicted molar refractivity (Wildman–Crippen MR) is 73.3 cm³/mol. The van der Waals surface area contributed by atoms with Crippen LogP contribution in [0.1, 0.15) is 30.9 Å². The maximum atomic E-state index is 12.1. The smallest absolute Gasteiger partial charge is 0.227 e. The summed E-state index contributed by atoms with van der Waals surface area (Å²) in [5, 5.41) is 0. The van der Waals surface area contributed by atoms with Crippen LogP contribution in [-0.4, -0.2) is 18.5 Å². The second-order valence-corrected chi connectivity index (χ2v) is 4.86. The zero-order chi connectivity index (χ0) is 13.1. The minimum atomic E-state index is 0.158. The minimum absolute atomic E-state index is 0.158.